The van der Waals surface area contributed by atoms with Crippen LogP contribution in [0.1, 0.15) is 10.5 Å². The van der Waals surface area contributed by atoms with E-state index in [-0.39, 0.29) is 28.3 Å². The molecule has 0 aliphatic carbocycles. The Bertz CT molecular complexity index is 1020. The number of hydrogen-bond acceptors (Lipinski definition) is 6. The molecule has 0 saturated carbocycles. The summed E-state index contributed by atoms with van der Waals surface area (Å²) in [5.41, 5.74) is 4.94. The Morgan fingerprint density at radius 1 is 1.19 bits per heavy atom. The fourth-order valence-corrected chi connectivity index (χ4v) is 2.24. The SMILES string of the molecule is Nc1ncc(-c2cc(-c3cnn(CC(F)(F)F)c3)ncc2F)nc1C(=O)O. The Morgan fingerprint density at radius 3 is 2.59 bits per heavy atom. The van der Waals surface area contributed by atoms with Crippen LogP contribution in [-0.4, -0.2) is 42.0 Å². The lowest BCUT2D eigenvalue weighted by Crippen LogP contribution is -2.17. The van der Waals surface area contributed by atoms with Crippen molar-refractivity contribution < 1.29 is 27.5 Å². The number of halogens is 4. The first-order chi connectivity index (χ1) is 12.6. The van der Waals surface area contributed by atoms with Crippen LogP contribution in [0.25, 0.3) is 22.5 Å². The Hall–Kier alpha value is -3.57. The maximum absolute atomic E-state index is 14.2. The number of carbonyl (C=O) groups is 1. The van der Waals surface area contributed by atoms with Crippen LogP contribution < -0.4 is 5.73 Å². The van der Waals surface area contributed by atoms with Gasteiger partial charge in [0.25, 0.3) is 0 Å². The van der Waals surface area contributed by atoms with E-state index >= 15 is 0 Å². The molecule has 0 bridgehead atoms. The summed E-state index contributed by atoms with van der Waals surface area (Å²) < 4.78 is 52.1. The van der Waals surface area contributed by atoms with Crippen molar-refractivity contribution in [2.24, 2.45) is 0 Å². The first-order valence-corrected chi connectivity index (χ1v) is 7.25. The highest BCUT2D eigenvalue weighted by Crippen LogP contribution is 2.27. The topological polar surface area (TPSA) is 120 Å². The molecule has 140 valence electrons. The van der Waals surface area contributed by atoms with Crippen LogP contribution in [0, 0.1) is 5.82 Å². The van der Waals surface area contributed by atoms with E-state index in [1.54, 1.807) is 0 Å². The van der Waals surface area contributed by atoms with Gasteiger partial charge < -0.3 is 10.8 Å². The molecule has 3 aromatic heterocycles. The first kappa shape index (κ1) is 18.2. The smallest absolute Gasteiger partial charge is 0.408 e. The number of alkyl halides is 3. The van der Waals surface area contributed by atoms with Crippen molar-refractivity contribution in [2.75, 3.05) is 5.73 Å². The molecule has 12 heteroatoms. The molecule has 0 unspecified atom stereocenters. The van der Waals surface area contributed by atoms with E-state index in [0.717, 1.165) is 24.8 Å². The van der Waals surface area contributed by atoms with E-state index in [9.17, 15) is 22.4 Å². The zero-order valence-corrected chi connectivity index (χ0v) is 13.3. The van der Waals surface area contributed by atoms with Crippen LogP contribution in [0.5, 0.6) is 0 Å². The third kappa shape index (κ3) is 3.99. The molecule has 0 fully saturated rings. The van der Waals surface area contributed by atoms with Gasteiger partial charge in [-0.2, -0.15) is 18.3 Å². The molecule has 0 aromatic carbocycles. The highest BCUT2D eigenvalue weighted by Gasteiger charge is 2.28. The number of nitrogens with zero attached hydrogens (tertiary/aromatic N) is 5. The van der Waals surface area contributed by atoms with E-state index in [1.165, 1.54) is 6.07 Å². The number of hydrogen-bond donors (Lipinski definition) is 2. The molecule has 3 aromatic rings. The normalized spacial score (nSPS) is 11.6. The summed E-state index contributed by atoms with van der Waals surface area (Å²) >= 11 is 0. The van der Waals surface area contributed by atoms with Crippen molar-refractivity contribution in [2.45, 2.75) is 12.7 Å². The average Bonchev–Trinajstić information content (AvgIpc) is 3.02. The number of carboxylic acids is 1. The van der Waals surface area contributed by atoms with Crippen molar-refractivity contribution in [3.63, 3.8) is 0 Å². The summed E-state index contributed by atoms with van der Waals surface area (Å²) in [6.45, 7) is -1.29. The standard InChI is InChI=1S/C15H10F4N6O2/c16-9-3-21-10(7-2-23-25(5-7)6-15(17,18)19)1-8(9)11-4-22-13(20)12(24-11)14(26)27/h1-5H,6H2,(H2,20,22)(H,26,27). The second-order valence-corrected chi connectivity index (χ2v) is 5.39. The Balaban J connectivity index is 2.01. The summed E-state index contributed by atoms with van der Waals surface area (Å²) in [6, 6.07) is 1.20. The predicted molar refractivity (Wildman–Crippen MR) is 83.9 cm³/mol. The van der Waals surface area contributed by atoms with Gasteiger partial charge in [-0.25, -0.2) is 19.2 Å². The van der Waals surface area contributed by atoms with Crippen LogP contribution in [-0.2, 0) is 6.54 Å². The van der Waals surface area contributed by atoms with Gasteiger partial charge in [-0.05, 0) is 6.07 Å². The Kier molecular flexibility index (Phi) is 4.47. The van der Waals surface area contributed by atoms with Crippen molar-refractivity contribution in [1.82, 2.24) is 24.7 Å². The van der Waals surface area contributed by atoms with Gasteiger partial charge in [-0.15, -0.1) is 0 Å². The number of aromatic nitrogens is 5. The largest absolute Gasteiger partial charge is 0.476 e. The van der Waals surface area contributed by atoms with Crippen LogP contribution in [0.15, 0.2) is 30.9 Å². The van der Waals surface area contributed by atoms with Crippen molar-refractivity contribution >= 4 is 11.8 Å². The predicted octanol–water partition coefficient (Wildman–Crippen LogP) is 2.38. The molecule has 0 amide bonds. The highest BCUT2D eigenvalue weighted by molar-refractivity contribution is 5.90. The average molecular weight is 382 g/mol. The molecule has 0 radical (unpaired) electrons. The van der Waals surface area contributed by atoms with E-state index < -0.39 is 30.2 Å². The summed E-state index contributed by atoms with van der Waals surface area (Å²) in [4.78, 5) is 22.4. The lowest BCUT2D eigenvalue weighted by molar-refractivity contribution is -0.142. The van der Waals surface area contributed by atoms with Gasteiger partial charge in [-0.3, -0.25) is 9.67 Å². The second kappa shape index (κ2) is 6.63. The molecule has 8 nitrogen and oxygen atoms in total. The molecule has 0 aliphatic rings. The van der Waals surface area contributed by atoms with E-state index in [0.29, 0.717) is 4.68 Å². The monoisotopic (exact) mass is 382 g/mol. The lowest BCUT2D eigenvalue weighted by Gasteiger charge is -2.07. The third-order valence-corrected chi connectivity index (χ3v) is 3.40. The minimum absolute atomic E-state index is 0.120. The molecule has 3 heterocycles. The summed E-state index contributed by atoms with van der Waals surface area (Å²) in [6.07, 6.45) is -0.277. The summed E-state index contributed by atoms with van der Waals surface area (Å²) in [5, 5.41) is 12.6. The van der Waals surface area contributed by atoms with Crippen molar-refractivity contribution in [1.29, 1.82) is 0 Å². The van der Waals surface area contributed by atoms with Gasteiger partial charge in [-0.1, -0.05) is 0 Å². The van der Waals surface area contributed by atoms with Gasteiger partial charge in [0.05, 0.1) is 30.0 Å². The number of rotatable bonds is 4. The van der Waals surface area contributed by atoms with Crippen LogP contribution >= 0.6 is 0 Å². The van der Waals surface area contributed by atoms with E-state index in [1.807, 2.05) is 0 Å². The zero-order valence-electron chi connectivity index (χ0n) is 13.3. The second-order valence-electron chi connectivity index (χ2n) is 5.39. The molecule has 3 N–H and O–H groups in total. The number of nitrogen functional groups attached to an aromatic ring is 1. The summed E-state index contributed by atoms with van der Waals surface area (Å²) in [5.74, 6) is -2.60. The first-order valence-electron chi connectivity index (χ1n) is 7.25. The number of pyridine rings is 1. The Morgan fingerprint density at radius 2 is 1.93 bits per heavy atom. The van der Waals surface area contributed by atoms with Crippen LogP contribution in [0.3, 0.4) is 0 Å². The molecule has 3 rings (SSSR count). The molecular weight excluding hydrogens is 372 g/mol. The van der Waals surface area contributed by atoms with Gasteiger partial charge >= 0.3 is 12.1 Å². The van der Waals surface area contributed by atoms with Crippen molar-refractivity contribution in [3.05, 3.63) is 42.4 Å². The highest BCUT2D eigenvalue weighted by atomic mass is 19.4. The van der Waals surface area contributed by atoms with Gasteiger partial charge in [0, 0.05) is 17.3 Å². The number of nitrogens with two attached hydrogens (primary N) is 1. The van der Waals surface area contributed by atoms with E-state index in [4.69, 9.17) is 10.8 Å². The lowest BCUT2D eigenvalue weighted by atomic mass is 10.1. The molecular formula is C15H10F4N6O2. The fourth-order valence-electron chi connectivity index (χ4n) is 2.24. The number of aromatic carboxylic acids is 1. The van der Waals surface area contributed by atoms with Crippen LogP contribution in [0.2, 0.25) is 0 Å². The quantitative estimate of drug-likeness (QED) is 0.665. The van der Waals surface area contributed by atoms with E-state index in [2.05, 4.69) is 20.1 Å². The molecule has 0 spiro atoms. The van der Waals surface area contributed by atoms with Crippen LogP contribution in [0.4, 0.5) is 23.4 Å². The maximum atomic E-state index is 14.2. The third-order valence-electron chi connectivity index (χ3n) is 3.40. The maximum Gasteiger partial charge on any atom is 0.408 e. The van der Waals surface area contributed by atoms with Gasteiger partial charge in [0.1, 0.15) is 6.54 Å². The summed E-state index contributed by atoms with van der Waals surface area (Å²) in [7, 11) is 0. The Labute approximate surface area is 148 Å². The molecule has 0 atom stereocenters. The molecule has 27 heavy (non-hydrogen) atoms. The van der Waals surface area contributed by atoms with Gasteiger partial charge in [0.15, 0.2) is 17.3 Å². The molecule has 0 aliphatic heterocycles. The fraction of sp³-hybridized carbons (Fsp3) is 0.133. The number of anilines is 1. The molecule has 0 saturated heterocycles. The zero-order chi connectivity index (χ0) is 19.8. The van der Waals surface area contributed by atoms with Crippen molar-refractivity contribution in [3.8, 4) is 22.5 Å². The minimum atomic E-state index is -4.45. The number of carboxylic acid groups (broad SMARTS) is 1. The minimum Gasteiger partial charge on any atom is -0.476 e. The van der Waals surface area contributed by atoms with Gasteiger partial charge in [0.2, 0.25) is 0 Å².